The molecule has 0 aliphatic rings. The number of hydrogen-bond donors (Lipinski definition) is 0. The standard InChI is InChI=1S/C68H114O6/c1-4-7-10-13-16-19-22-25-28-31-32-33-34-35-36-38-40-43-46-49-52-55-58-61-67(70)73-64-65(63-72-66(69)60-57-54-51-48-45-42-39-30-27-24-21-18-15-12-9-6-3)74-68(71)62-59-56-53-50-47-44-41-37-29-26-23-20-17-14-11-8-5-2/h7,10,16-17,19-20,25-26,28-30,32-33,35-36,39-40,43,65H,4-6,8-9,11-15,18,21-24,27,31,34,37-38,41-42,44-64H2,1-3H3/b10-7-,19-16-,20-17-,28-25-,29-26-,33-32-,36-35-,39-30-,43-40-. The second-order valence-corrected chi connectivity index (χ2v) is 20.2. The van der Waals surface area contributed by atoms with E-state index in [2.05, 4.69) is 130 Å². The van der Waals surface area contributed by atoms with Crippen molar-refractivity contribution in [1.82, 2.24) is 0 Å². The molecule has 0 bridgehead atoms. The molecule has 0 aromatic rings. The lowest BCUT2D eigenvalue weighted by molar-refractivity contribution is -0.167. The second-order valence-electron chi connectivity index (χ2n) is 20.2. The van der Waals surface area contributed by atoms with E-state index in [0.717, 1.165) is 128 Å². The number of rotatable bonds is 55. The van der Waals surface area contributed by atoms with Gasteiger partial charge < -0.3 is 14.2 Å². The number of unbranched alkanes of at least 4 members (excludes halogenated alkanes) is 26. The van der Waals surface area contributed by atoms with Gasteiger partial charge in [0.1, 0.15) is 13.2 Å². The highest BCUT2D eigenvalue weighted by Crippen LogP contribution is 2.15. The van der Waals surface area contributed by atoms with E-state index in [1.165, 1.54) is 116 Å². The van der Waals surface area contributed by atoms with Gasteiger partial charge in [0.25, 0.3) is 0 Å². The highest BCUT2D eigenvalue weighted by atomic mass is 16.6. The van der Waals surface area contributed by atoms with Crippen LogP contribution in [0.3, 0.4) is 0 Å². The molecule has 0 aromatic heterocycles. The summed E-state index contributed by atoms with van der Waals surface area (Å²) in [5.41, 5.74) is 0. The first-order chi connectivity index (χ1) is 36.5. The molecule has 1 atom stereocenters. The van der Waals surface area contributed by atoms with Gasteiger partial charge in [0.15, 0.2) is 6.10 Å². The molecule has 0 spiro atoms. The van der Waals surface area contributed by atoms with Crippen molar-refractivity contribution in [2.24, 2.45) is 0 Å². The van der Waals surface area contributed by atoms with Crippen molar-refractivity contribution in [1.29, 1.82) is 0 Å². The Morgan fingerprint density at radius 2 is 0.527 bits per heavy atom. The van der Waals surface area contributed by atoms with E-state index in [9.17, 15) is 14.4 Å². The van der Waals surface area contributed by atoms with E-state index in [1.54, 1.807) is 0 Å². The van der Waals surface area contributed by atoms with Crippen molar-refractivity contribution in [2.45, 2.75) is 290 Å². The zero-order valence-corrected chi connectivity index (χ0v) is 48.3. The SMILES string of the molecule is CC/C=C\C/C=C\C/C=C\C/C=C\C/C=C\C/C=C\CCCCCCC(=O)OCC(COC(=O)CCCCCCC/C=C\CCCCCCCCC)OC(=O)CCCCCCCCC/C=C\C/C=C\CCCCC. The van der Waals surface area contributed by atoms with E-state index < -0.39 is 6.10 Å². The molecule has 0 heterocycles. The summed E-state index contributed by atoms with van der Waals surface area (Å²) in [6, 6.07) is 0. The third kappa shape index (κ3) is 59.0. The predicted octanol–water partition coefficient (Wildman–Crippen LogP) is 21.0. The van der Waals surface area contributed by atoms with Crippen LogP contribution in [0.4, 0.5) is 0 Å². The summed E-state index contributed by atoms with van der Waals surface area (Å²) in [6.07, 6.45) is 83.6. The number of allylic oxidation sites excluding steroid dienone is 18. The monoisotopic (exact) mass is 1030 g/mol. The number of carbonyl (C=O) groups is 3. The van der Waals surface area contributed by atoms with Crippen molar-refractivity contribution in [3.63, 3.8) is 0 Å². The van der Waals surface area contributed by atoms with Crippen LogP contribution in [-0.4, -0.2) is 37.2 Å². The van der Waals surface area contributed by atoms with Gasteiger partial charge in [-0.3, -0.25) is 14.4 Å². The summed E-state index contributed by atoms with van der Waals surface area (Å²) in [5.74, 6) is -0.931. The minimum atomic E-state index is -0.800. The Labute approximate surface area is 457 Å². The third-order valence-electron chi connectivity index (χ3n) is 13.0. The Balaban J connectivity index is 4.46. The van der Waals surface area contributed by atoms with Crippen molar-refractivity contribution < 1.29 is 28.6 Å². The summed E-state index contributed by atoms with van der Waals surface area (Å²) in [4.78, 5) is 38.3. The van der Waals surface area contributed by atoms with Gasteiger partial charge in [-0.1, -0.05) is 246 Å². The van der Waals surface area contributed by atoms with Crippen LogP contribution in [0.2, 0.25) is 0 Å². The molecule has 0 aliphatic heterocycles. The van der Waals surface area contributed by atoms with Gasteiger partial charge in [-0.05, 0) is 128 Å². The lowest BCUT2D eigenvalue weighted by atomic mass is 10.1. The fourth-order valence-electron chi connectivity index (χ4n) is 8.35. The van der Waals surface area contributed by atoms with Gasteiger partial charge in [-0.2, -0.15) is 0 Å². The topological polar surface area (TPSA) is 78.9 Å². The van der Waals surface area contributed by atoms with E-state index in [4.69, 9.17) is 14.2 Å². The molecule has 0 saturated carbocycles. The van der Waals surface area contributed by atoms with Crippen LogP contribution in [0.5, 0.6) is 0 Å². The minimum Gasteiger partial charge on any atom is -0.462 e. The molecule has 0 rings (SSSR count). The fourth-order valence-corrected chi connectivity index (χ4v) is 8.35. The first kappa shape index (κ1) is 70.1. The zero-order valence-electron chi connectivity index (χ0n) is 48.3. The molecule has 422 valence electrons. The number of esters is 3. The number of ether oxygens (including phenoxy) is 3. The summed E-state index contributed by atoms with van der Waals surface area (Å²) in [6.45, 7) is 6.48. The van der Waals surface area contributed by atoms with Crippen LogP contribution < -0.4 is 0 Å². The first-order valence-corrected chi connectivity index (χ1v) is 30.9. The highest BCUT2D eigenvalue weighted by Gasteiger charge is 2.19. The van der Waals surface area contributed by atoms with Crippen LogP contribution in [0.25, 0.3) is 0 Å². The average Bonchev–Trinajstić information content (AvgIpc) is 3.40. The molecule has 0 amide bonds. The summed E-state index contributed by atoms with van der Waals surface area (Å²) < 4.78 is 16.9. The maximum Gasteiger partial charge on any atom is 0.306 e. The van der Waals surface area contributed by atoms with Gasteiger partial charge in [-0.25, -0.2) is 0 Å². The Morgan fingerprint density at radius 1 is 0.284 bits per heavy atom. The van der Waals surface area contributed by atoms with Crippen LogP contribution >= 0.6 is 0 Å². The van der Waals surface area contributed by atoms with Crippen LogP contribution in [0.15, 0.2) is 109 Å². The minimum absolute atomic E-state index is 0.0947. The van der Waals surface area contributed by atoms with E-state index in [-0.39, 0.29) is 31.1 Å². The molecule has 6 heteroatoms. The zero-order chi connectivity index (χ0) is 53.6. The third-order valence-corrected chi connectivity index (χ3v) is 13.0. The lowest BCUT2D eigenvalue weighted by Crippen LogP contribution is -2.30. The fraction of sp³-hybridized carbons (Fsp3) is 0.691. The van der Waals surface area contributed by atoms with E-state index >= 15 is 0 Å². The molecule has 6 nitrogen and oxygen atoms in total. The maximum atomic E-state index is 12.9. The molecular formula is C68H114O6. The summed E-state index contributed by atoms with van der Waals surface area (Å²) >= 11 is 0. The van der Waals surface area contributed by atoms with Gasteiger partial charge in [-0.15, -0.1) is 0 Å². The Kier molecular flexibility index (Phi) is 58.3. The molecule has 0 aliphatic carbocycles. The Morgan fingerprint density at radius 3 is 0.865 bits per heavy atom. The maximum absolute atomic E-state index is 12.9. The summed E-state index contributed by atoms with van der Waals surface area (Å²) in [7, 11) is 0. The second kappa shape index (κ2) is 61.6. The average molecular weight is 1030 g/mol. The Hall–Kier alpha value is -3.93. The van der Waals surface area contributed by atoms with Crippen molar-refractivity contribution >= 4 is 17.9 Å². The van der Waals surface area contributed by atoms with Gasteiger partial charge in [0.05, 0.1) is 0 Å². The van der Waals surface area contributed by atoms with Crippen LogP contribution in [-0.2, 0) is 28.6 Å². The molecule has 74 heavy (non-hydrogen) atoms. The normalized spacial score (nSPS) is 12.9. The van der Waals surface area contributed by atoms with Crippen LogP contribution in [0.1, 0.15) is 284 Å². The first-order valence-electron chi connectivity index (χ1n) is 30.9. The Bertz CT molecular complexity index is 1510. The van der Waals surface area contributed by atoms with E-state index in [1.807, 2.05) is 0 Å². The molecule has 0 saturated heterocycles. The van der Waals surface area contributed by atoms with E-state index in [0.29, 0.717) is 19.3 Å². The van der Waals surface area contributed by atoms with Gasteiger partial charge >= 0.3 is 17.9 Å². The molecule has 0 radical (unpaired) electrons. The van der Waals surface area contributed by atoms with Crippen molar-refractivity contribution in [3.05, 3.63) is 109 Å². The quantitative estimate of drug-likeness (QED) is 0.0261. The molecule has 0 N–H and O–H groups in total. The van der Waals surface area contributed by atoms with Gasteiger partial charge in [0, 0.05) is 19.3 Å². The van der Waals surface area contributed by atoms with Crippen molar-refractivity contribution in [2.75, 3.05) is 13.2 Å². The molecule has 1 unspecified atom stereocenters. The highest BCUT2D eigenvalue weighted by molar-refractivity contribution is 5.71. The number of hydrogen-bond acceptors (Lipinski definition) is 6. The largest absolute Gasteiger partial charge is 0.462 e. The molecule has 0 fully saturated rings. The molecule has 0 aromatic carbocycles. The van der Waals surface area contributed by atoms with Gasteiger partial charge in [0.2, 0.25) is 0 Å². The molecular weight excluding hydrogens is 913 g/mol. The summed E-state index contributed by atoms with van der Waals surface area (Å²) in [5, 5.41) is 0. The predicted molar refractivity (Wildman–Crippen MR) is 320 cm³/mol. The lowest BCUT2D eigenvalue weighted by Gasteiger charge is -2.18. The van der Waals surface area contributed by atoms with Crippen LogP contribution in [0, 0.1) is 0 Å². The number of carbonyl (C=O) groups excluding carboxylic acids is 3. The van der Waals surface area contributed by atoms with Crippen molar-refractivity contribution in [3.8, 4) is 0 Å². The smallest absolute Gasteiger partial charge is 0.306 e.